The van der Waals surface area contributed by atoms with Crippen molar-refractivity contribution >= 4 is 23.4 Å². The van der Waals surface area contributed by atoms with Crippen LogP contribution in [0.4, 0.5) is 11.4 Å². The van der Waals surface area contributed by atoms with E-state index in [1.54, 1.807) is 11.1 Å². The van der Waals surface area contributed by atoms with E-state index >= 15 is 0 Å². The van der Waals surface area contributed by atoms with Crippen LogP contribution in [0.5, 0.6) is 0 Å². The van der Waals surface area contributed by atoms with Gasteiger partial charge in [-0.1, -0.05) is 36.4 Å². The number of rotatable bonds is 5. The molecule has 1 amide bonds. The molecule has 0 bridgehead atoms. The van der Waals surface area contributed by atoms with Gasteiger partial charge in [-0.25, -0.2) is 0 Å². The zero-order valence-corrected chi connectivity index (χ0v) is 15.2. The van der Waals surface area contributed by atoms with Crippen LogP contribution in [0.2, 0.25) is 0 Å². The van der Waals surface area contributed by atoms with Crippen molar-refractivity contribution in [3.63, 3.8) is 0 Å². The number of carbonyl (C=O) groups is 1. The van der Waals surface area contributed by atoms with E-state index in [1.807, 2.05) is 86.2 Å². The van der Waals surface area contributed by atoms with Crippen LogP contribution in [0.15, 0.2) is 66.7 Å². The fourth-order valence-corrected chi connectivity index (χ4v) is 2.77. The first-order chi connectivity index (χ1) is 12.6. The number of nitrogens with one attached hydrogen (secondary N) is 1. The first-order valence-electron chi connectivity index (χ1n) is 8.45. The molecule has 3 rings (SSSR count). The molecule has 0 atom stereocenters. The molecule has 0 saturated heterocycles. The number of hydrazine groups is 1. The summed E-state index contributed by atoms with van der Waals surface area (Å²) in [5.74, 6) is -0.208. The van der Waals surface area contributed by atoms with Gasteiger partial charge in [-0.3, -0.25) is 19.9 Å². The van der Waals surface area contributed by atoms with E-state index in [0.717, 1.165) is 28.3 Å². The lowest BCUT2D eigenvalue weighted by molar-refractivity contribution is -0.116. The van der Waals surface area contributed by atoms with Gasteiger partial charge in [0.05, 0.1) is 17.1 Å². The lowest BCUT2D eigenvalue weighted by Gasteiger charge is -2.24. The number of aryl methyl sites for hydroxylation is 2. The smallest absolute Gasteiger partial charge is 0.262 e. The van der Waals surface area contributed by atoms with Gasteiger partial charge in [0.2, 0.25) is 0 Å². The van der Waals surface area contributed by atoms with Crippen molar-refractivity contribution in [1.29, 1.82) is 0 Å². The van der Waals surface area contributed by atoms with Crippen LogP contribution < -0.4 is 10.4 Å². The SMILES string of the molecule is Cc1nn(C)c(C)c1/C=C/C(=O)NN(c1ccccc1)c1ccccc1. The molecule has 3 aromatic rings. The number of aromatic nitrogens is 2. The van der Waals surface area contributed by atoms with Crippen molar-refractivity contribution < 1.29 is 4.79 Å². The average molecular weight is 346 g/mol. The molecule has 0 fully saturated rings. The second-order valence-electron chi connectivity index (χ2n) is 6.02. The number of anilines is 2. The topological polar surface area (TPSA) is 50.2 Å². The first-order valence-corrected chi connectivity index (χ1v) is 8.45. The maximum absolute atomic E-state index is 12.5. The number of hydrogen-bond acceptors (Lipinski definition) is 3. The minimum atomic E-state index is -0.208. The zero-order chi connectivity index (χ0) is 18.5. The molecule has 5 nitrogen and oxygen atoms in total. The fraction of sp³-hybridized carbons (Fsp3) is 0.143. The fourth-order valence-electron chi connectivity index (χ4n) is 2.77. The lowest BCUT2D eigenvalue weighted by Crippen LogP contribution is -2.37. The number of para-hydroxylation sites is 2. The maximum atomic E-state index is 12.5. The van der Waals surface area contributed by atoms with Crippen molar-refractivity contribution in [2.45, 2.75) is 13.8 Å². The third-order valence-electron chi connectivity index (χ3n) is 4.22. The van der Waals surface area contributed by atoms with Gasteiger partial charge >= 0.3 is 0 Å². The van der Waals surface area contributed by atoms with E-state index in [4.69, 9.17) is 0 Å². The number of nitrogens with zero attached hydrogens (tertiary/aromatic N) is 3. The van der Waals surface area contributed by atoms with E-state index in [2.05, 4.69) is 10.5 Å². The van der Waals surface area contributed by atoms with Crippen LogP contribution in [0.3, 0.4) is 0 Å². The van der Waals surface area contributed by atoms with Crippen LogP contribution in [-0.2, 0) is 11.8 Å². The molecule has 0 aliphatic rings. The Morgan fingerprint density at radius 3 is 2.00 bits per heavy atom. The normalized spacial score (nSPS) is 10.9. The van der Waals surface area contributed by atoms with Gasteiger partial charge in [-0.2, -0.15) is 5.10 Å². The monoisotopic (exact) mass is 346 g/mol. The number of hydrogen-bond donors (Lipinski definition) is 1. The lowest BCUT2D eigenvalue weighted by atomic mass is 10.2. The van der Waals surface area contributed by atoms with Gasteiger partial charge < -0.3 is 0 Å². The number of benzene rings is 2. The van der Waals surface area contributed by atoms with E-state index in [-0.39, 0.29) is 5.91 Å². The molecule has 0 aliphatic carbocycles. The molecule has 0 spiro atoms. The Morgan fingerprint density at radius 2 is 1.54 bits per heavy atom. The minimum absolute atomic E-state index is 0.208. The first kappa shape index (κ1) is 17.5. The summed E-state index contributed by atoms with van der Waals surface area (Å²) in [6, 6.07) is 19.5. The predicted molar refractivity (Wildman–Crippen MR) is 105 cm³/mol. The van der Waals surface area contributed by atoms with Crippen LogP contribution in [0, 0.1) is 13.8 Å². The van der Waals surface area contributed by atoms with E-state index < -0.39 is 0 Å². The molecule has 0 unspecified atom stereocenters. The molecule has 0 saturated carbocycles. The third-order valence-corrected chi connectivity index (χ3v) is 4.22. The van der Waals surface area contributed by atoms with Gasteiger partial charge in [0.1, 0.15) is 0 Å². The summed E-state index contributed by atoms with van der Waals surface area (Å²) >= 11 is 0. The highest BCUT2D eigenvalue weighted by molar-refractivity contribution is 5.94. The van der Waals surface area contributed by atoms with Crippen molar-refractivity contribution in [3.05, 3.63) is 83.7 Å². The van der Waals surface area contributed by atoms with Crippen LogP contribution in [0.1, 0.15) is 17.0 Å². The second-order valence-corrected chi connectivity index (χ2v) is 6.02. The van der Waals surface area contributed by atoms with E-state index in [9.17, 15) is 4.79 Å². The molecule has 1 heterocycles. The minimum Gasteiger partial charge on any atom is -0.272 e. The van der Waals surface area contributed by atoms with Gasteiger partial charge in [-0.15, -0.1) is 0 Å². The van der Waals surface area contributed by atoms with Crippen LogP contribution in [0.25, 0.3) is 6.08 Å². The Hall–Kier alpha value is -3.34. The quantitative estimate of drug-likeness (QED) is 0.563. The van der Waals surface area contributed by atoms with Crippen molar-refractivity contribution in [3.8, 4) is 0 Å². The molecule has 2 aromatic carbocycles. The summed E-state index contributed by atoms with van der Waals surface area (Å²) in [6.07, 6.45) is 3.34. The summed E-state index contributed by atoms with van der Waals surface area (Å²) < 4.78 is 1.81. The highest BCUT2D eigenvalue weighted by atomic mass is 16.2. The molecule has 1 aromatic heterocycles. The molecule has 5 heteroatoms. The molecule has 26 heavy (non-hydrogen) atoms. The average Bonchev–Trinajstić information content (AvgIpc) is 2.91. The highest BCUT2D eigenvalue weighted by Crippen LogP contribution is 2.22. The summed E-state index contributed by atoms with van der Waals surface area (Å²) in [5.41, 5.74) is 7.60. The zero-order valence-electron chi connectivity index (χ0n) is 15.2. The molecule has 132 valence electrons. The van der Waals surface area contributed by atoms with Gasteiger partial charge in [-0.05, 0) is 44.2 Å². The van der Waals surface area contributed by atoms with Crippen molar-refractivity contribution in [2.24, 2.45) is 7.05 Å². The van der Waals surface area contributed by atoms with Gasteiger partial charge in [0.15, 0.2) is 0 Å². The predicted octanol–water partition coefficient (Wildman–Crippen LogP) is 3.92. The largest absolute Gasteiger partial charge is 0.272 e. The summed E-state index contributed by atoms with van der Waals surface area (Å²) in [6.45, 7) is 3.92. The molecule has 0 aliphatic heterocycles. The highest BCUT2D eigenvalue weighted by Gasteiger charge is 2.11. The number of carbonyl (C=O) groups excluding carboxylic acids is 1. The van der Waals surface area contributed by atoms with Crippen molar-refractivity contribution in [1.82, 2.24) is 15.2 Å². The Kier molecular flexibility index (Phi) is 5.17. The van der Waals surface area contributed by atoms with Crippen LogP contribution in [-0.4, -0.2) is 15.7 Å². The van der Waals surface area contributed by atoms with Gasteiger partial charge in [0, 0.05) is 24.4 Å². The third kappa shape index (κ3) is 3.83. The Labute approximate surface area is 153 Å². The Bertz CT molecular complexity index is 874. The number of amides is 1. The van der Waals surface area contributed by atoms with E-state index in [1.165, 1.54) is 6.08 Å². The van der Waals surface area contributed by atoms with Crippen LogP contribution >= 0.6 is 0 Å². The van der Waals surface area contributed by atoms with Gasteiger partial charge in [0.25, 0.3) is 5.91 Å². The molecule has 0 radical (unpaired) electrons. The molecular weight excluding hydrogens is 324 g/mol. The second kappa shape index (κ2) is 7.70. The summed E-state index contributed by atoms with van der Waals surface area (Å²) in [7, 11) is 1.90. The molecular formula is C21H22N4O. The van der Waals surface area contributed by atoms with E-state index in [0.29, 0.717) is 0 Å². The maximum Gasteiger partial charge on any atom is 0.262 e. The summed E-state index contributed by atoms with van der Waals surface area (Å²) in [4.78, 5) is 12.5. The molecule has 1 N–H and O–H groups in total. The van der Waals surface area contributed by atoms with Crippen molar-refractivity contribution in [2.75, 3.05) is 5.01 Å². The standard InChI is InChI=1S/C21H22N4O/c1-16-20(17(2)24(3)22-16)14-15-21(26)23-25(18-10-6-4-7-11-18)19-12-8-5-9-13-19/h4-15H,1-3H3,(H,23,26)/b15-14+. The summed E-state index contributed by atoms with van der Waals surface area (Å²) in [5, 5.41) is 6.14. The Balaban J connectivity index is 1.83. The Morgan fingerprint density at radius 1 is 1.00 bits per heavy atom.